The quantitative estimate of drug-likeness (QED) is 0.0415. The summed E-state index contributed by atoms with van der Waals surface area (Å²) in [6, 6.07) is 18.8. The first-order chi connectivity index (χ1) is 73.1. The van der Waals surface area contributed by atoms with Gasteiger partial charge >= 0.3 is 0 Å². The van der Waals surface area contributed by atoms with E-state index >= 15 is 0 Å². The zero-order valence-electron chi connectivity index (χ0n) is 102. The Morgan fingerprint density at radius 3 is 0.385 bits per heavy atom. The summed E-state index contributed by atoms with van der Waals surface area (Å²) in [6.07, 6.45) is 137. The van der Waals surface area contributed by atoms with E-state index in [0.29, 0.717) is 35.5 Å². The third kappa shape index (κ3) is 81.6. The van der Waals surface area contributed by atoms with Gasteiger partial charge in [0, 0.05) is 24.3 Å². The lowest BCUT2D eigenvalue weighted by molar-refractivity contribution is 0.204. The van der Waals surface area contributed by atoms with E-state index in [0.717, 1.165) is 85.3 Å². The summed E-state index contributed by atoms with van der Waals surface area (Å²) < 4.78 is 45.3. The Hall–Kier alpha value is -4.06. The van der Waals surface area contributed by atoms with Crippen LogP contribution in [0, 0.1) is 35.5 Å². The van der Waals surface area contributed by atoms with E-state index in [9.17, 15) is 0 Å². The van der Waals surface area contributed by atoms with Gasteiger partial charge < -0.3 is 28.4 Å². The Kier molecular flexibility index (Phi) is 100.0. The molecule has 0 N–H and O–H groups in total. The molecule has 3 aromatic rings. The standard InChI is InChI=1S/C142H258O6/c1-13-25-37-49-61-67-79-91-99-129(97-85-73-55-43-31-19-7)121-143-135-117-139(145-123-131(101-87-75-57-45-33-21-9)105-93-81-69-63-51-39-27-15-3)137(140(118-135)146-124-132(102-88-76-58-46-34-22-10)106-94-82-70-64-52-40-28-16-4)115-113-127-109-111-128(112-110-127)114-116-138-141(147-125-133(103-89-77-59-47-35-23-11)107-95-83-71-65-53-41-29-17-5)119-136(144-122-130(98-86-74-56-44-32-20-8)100-92-80-68-62-50-38-26-14-2)120-142(138)148-126-134(104-90-78-60-48-36-24-12)108-96-84-72-66-54-42-30-18-6/h109-120,129-134H,13-108,121-126H2,1-12H3/b115-113+,116-114+. The monoisotopic (exact) mass is 2060 g/mol. The molecule has 6 heteroatoms. The predicted molar refractivity (Wildman–Crippen MR) is 662 cm³/mol. The van der Waals surface area contributed by atoms with Crippen molar-refractivity contribution in [2.75, 3.05) is 39.6 Å². The summed E-state index contributed by atoms with van der Waals surface area (Å²) in [7, 11) is 0. The molecule has 0 aliphatic rings. The van der Waals surface area contributed by atoms with Gasteiger partial charge in [-0.25, -0.2) is 0 Å². The molecule has 0 bridgehead atoms. The molecule has 0 aliphatic heterocycles. The molecular weight excluding hydrogens is 1800 g/mol. The number of benzene rings is 3. The third-order valence-electron chi connectivity index (χ3n) is 33.4. The van der Waals surface area contributed by atoms with Gasteiger partial charge in [-0.3, -0.25) is 0 Å². The summed E-state index contributed by atoms with van der Waals surface area (Å²) in [4.78, 5) is 0. The highest BCUT2D eigenvalue weighted by Gasteiger charge is 2.24. The van der Waals surface area contributed by atoms with Gasteiger partial charge in [-0.15, -0.1) is 0 Å². The lowest BCUT2D eigenvalue weighted by Gasteiger charge is -2.23. The molecule has 0 saturated heterocycles. The predicted octanol–water partition coefficient (Wildman–Crippen LogP) is 49.7. The van der Waals surface area contributed by atoms with Crippen molar-refractivity contribution in [3.05, 3.63) is 70.8 Å². The van der Waals surface area contributed by atoms with Crippen LogP contribution >= 0.6 is 0 Å². The van der Waals surface area contributed by atoms with E-state index in [1.807, 2.05) is 0 Å². The third-order valence-corrected chi connectivity index (χ3v) is 33.4. The van der Waals surface area contributed by atoms with Gasteiger partial charge in [0.2, 0.25) is 0 Å². The second-order valence-electron chi connectivity index (χ2n) is 48.0. The summed E-state index contributed by atoms with van der Waals surface area (Å²) in [5.41, 5.74) is 4.48. The molecule has 0 heterocycles. The number of hydrogen-bond donors (Lipinski definition) is 0. The second-order valence-corrected chi connectivity index (χ2v) is 48.0. The van der Waals surface area contributed by atoms with Crippen molar-refractivity contribution in [3.63, 3.8) is 0 Å². The summed E-state index contributed by atoms with van der Waals surface area (Å²) in [6.45, 7) is 32.6. The highest BCUT2D eigenvalue weighted by atomic mass is 16.5. The zero-order chi connectivity index (χ0) is 106. The summed E-state index contributed by atoms with van der Waals surface area (Å²) in [5, 5.41) is 0. The SMILES string of the molecule is CCCCCCCCCCC(CCCCCCCC)COc1cc(OCC(CCCCCCCC)CCCCCCCCCC)c(/C=C/c2ccc(/C=C/c3c(OCC(CCCCCCCC)CCCCCCCCCC)cc(OCC(CCCCCCCC)CCCCCCCCCC)cc3OCC(CCCCCCCC)CCCCCCCCCC)cc2)c(OCC(CCCCCCCC)CCCCCCCCCC)c1. The van der Waals surface area contributed by atoms with Gasteiger partial charge in [-0.2, -0.15) is 0 Å². The first kappa shape index (κ1) is 138. The van der Waals surface area contributed by atoms with Crippen molar-refractivity contribution >= 4 is 24.3 Å². The molecule has 3 rings (SSSR count). The molecule has 0 aliphatic carbocycles. The second kappa shape index (κ2) is 107. The van der Waals surface area contributed by atoms with Crippen LogP contribution < -0.4 is 28.4 Å². The van der Waals surface area contributed by atoms with Gasteiger partial charge in [-0.05, 0) is 136 Å². The molecule has 0 spiro atoms. The Bertz CT molecular complexity index is 2910. The van der Waals surface area contributed by atoms with Crippen LogP contribution in [0.15, 0.2) is 48.5 Å². The van der Waals surface area contributed by atoms with E-state index in [1.54, 1.807) is 0 Å². The highest BCUT2D eigenvalue weighted by Crippen LogP contribution is 2.42. The number of unbranched alkanes of at least 4 members (excludes halogenated alkanes) is 72. The van der Waals surface area contributed by atoms with Gasteiger partial charge in [0.25, 0.3) is 0 Å². The van der Waals surface area contributed by atoms with Crippen LogP contribution in [0.25, 0.3) is 24.3 Å². The minimum Gasteiger partial charge on any atom is -0.493 e. The minimum absolute atomic E-state index is 0.495. The molecular formula is C142H258O6. The van der Waals surface area contributed by atoms with Crippen LogP contribution in [0.3, 0.4) is 0 Å². The Morgan fingerprint density at radius 1 is 0.142 bits per heavy atom. The smallest absolute Gasteiger partial charge is 0.133 e. The molecule has 6 atom stereocenters. The maximum atomic E-state index is 7.64. The molecule has 6 unspecified atom stereocenters. The van der Waals surface area contributed by atoms with Gasteiger partial charge in [0.15, 0.2) is 0 Å². The van der Waals surface area contributed by atoms with Gasteiger partial charge in [0.1, 0.15) is 34.5 Å². The average molecular weight is 2060 g/mol. The van der Waals surface area contributed by atoms with Crippen LogP contribution in [0.4, 0.5) is 0 Å². The molecule has 6 nitrogen and oxygen atoms in total. The van der Waals surface area contributed by atoms with E-state index < -0.39 is 0 Å². The lowest BCUT2D eigenvalue weighted by atomic mass is 9.94. The van der Waals surface area contributed by atoms with Gasteiger partial charge in [0.05, 0.1) is 50.8 Å². The summed E-state index contributed by atoms with van der Waals surface area (Å²) >= 11 is 0. The maximum absolute atomic E-state index is 7.64. The Labute approximate surface area is 926 Å². The average Bonchev–Trinajstić information content (AvgIpc) is 0.818. The summed E-state index contributed by atoms with van der Waals surface area (Å²) in [5.74, 6) is 8.61. The molecule has 862 valence electrons. The molecule has 0 aromatic heterocycles. The molecule has 0 saturated carbocycles. The Balaban J connectivity index is 2.53. The Morgan fingerprint density at radius 2 is 0.257 bits per heavy atom. The number of rotatable bonds is 118. The topological polar surface area (TPSA) is 55.4 Å². The fraction of sp³-hybridized carbons (Fsp3) is 0.845. The molecule has 3 aromatic carbocycles. The van der Waals surface area contributed by atoms with Crippen molar-refractivity contribution in [1.82, 2.24) is 0 Å². The lowest BCUT2D eigenvalue weighted by Crippen LogP contribution is -2.16. The minimum atomic E-state index is 0.495. The highest BCUT2D eigenvalue weighted by molar-refractivity contribution is 5.79. The van der Waals surface area contributed by atoms with Crippen LogP contribution in [-0.2, 0) is 0 Å². The van der Waals surface area contributed by atoms with Crippen LogP contribution in [-0.4, -0.2) is 39.6 Å². The van der Waals surface area contributed by atoms with Crippen molar-refractivity contribution in [1.29, 1.82) is 0 Å². The molecule has 148 heavy (non-hydrogen) atoms. The van der Waals surface area contributed by atoms with Crippen molar-refractivity contribution < 1.29 is 28.4 Å². The number of ether oxygens (including phenoxy) is 6. The van der Waals surface area contributed by atoms with Crippen LogP contribution in [0.1, 0.15) is 722 Å². The fourth-order valence-corrected chi connectivity index (χ4v) is 23.0. The normalized spacial score (nSPS) is 13.1. The molecule has 0 fully saturated rings. The van der Waals surface area contributed by atoms with E-state index in [-0.39, 0.29) is 0 Å². The maximum Gasteiger partial charge on any atom is 0.133 e. The molecule has 0 amide bonds. The van der Waals surface area contributed by atoms with E-state index in [1.165, 1.54) is 628 Å². The van der Waals surface area contributed by atoms with E-state index in [2.05, 4.69) is 156 Å². The van der Waals surface area contributed by atoms with E-state index in [4.69, 9.17) is 28.4 Å². The zero-order valence-corrected chi connectivity index (χ0v) is 102. The largest absolute Gasteiger partial charge is 0.493 e. The van der Waals surface area contributed by atoms with Crippen molar-refractivity contribution in [2.45, 2.75) is 699 Å². The first-order valence-corrected chi connectivity index (χ1v) is 67.7. The first-order valence-electron chi connectivity index (χ1n) is 67.7. The molecule has 0 radical (unpaired) electrons. The van der Waals surface area contributed by atoms with Crippen LogP contribution in [0.5, 0.6) is 34.5 Å². The van der Waals surface area contributed by atoms with Crippen molar-refractivity contribution in [3.8, 4) is 34.5 Å². The number of hydrogen-bond acceptors (Lipinski definition) is 6. The van der Waals surface area contributed by atoms with Crippen LogP contribution in [0.2, 0.25) is 0 Å². The van der Waals surface area contributed by atoms with Gasteiger partial charge in [-0.1, -0.05) is 659 Å². The van der Waals surface area contributed by atoms with Crippen molar-refractivity contribution in [2.24, 2.45) is 35.5 Å². The fourth-order valence-electron chi connectivity index (χ4n) is 23.0.